The van der Waals surface area contributed by atoms with Gasteiger partial charge >= 0.3 is 6.01 Å². The lowest BCUT2D eigenvalue weighted by Crippen LogP contribution is -2.06. The van der Waals surface area contributed by atoms with E-state index >= 15 is 0 Å². The number of hydrogen-bond acceptors (Lipinski definition) is 6. The van der Waals surface area contributed by atoms with Gasteiger partial charge in [-0.2, -0.15) is 20.2 Å². The van der Waals surface area contributed by atoms with E-state index in [2.05, 4.69) is 20.3 Å². The normalized spacial score (nSPS) is 9.85. The highest BCUT2D eigenvalue weighted by Crippen LogP contribution is 2.20. The lowest BCUT2D eigenvalue weighted by Gasteiger charge is -2.07. The SMILES string of the molecule is CCCNc1nc(Cl)nc(Oc2cccc(C#N)c2)n1. The number of rotatable bonds is 5. The van der Waals surface area contributed by atoms with Crippen molar-refractivity contribution < 1.29 is 4.74 Å². The summed E-state index contributed by atoms with van der Waals surface area (Å²) in [5, 5.41) is 11.9. The first kappa shape index (κ1) is 14.0. The minimum Gasteiger partial charge on any atom is -0.424 e. The van der Waals surface area contributed by atoms with Crippen molar-refractivity contribution in [1.82, 2.24) is 15.0 Å². The van der Waals surface area contributed by atoms with Crippen LogP contribution in [0.25, 0.3) is 0 Å². The molecule has 0 atom stereocenters. The number of nitrogens with zero attached hydrogens (tertiary/aromatic N) is 4. The molecular formula is C13H12ClN5O. The molecule has 0 saturated heterocycles. The van der Waals surface area contributed by atoms with Crippen LogP contribution in [0.4, 0.5) is 5.95 Å². The van der Waals surface area contributed by atoms with Crippen molar-refractivity contribution in [1.29, 1.82) is 5.26 Å². The third kappa shape index (κ3) is 3.80. The van der Waals surface area contributed by atoms with Gasteiger partial charge in [-0.05, 0) is 36.2 Å². The average molecular weight is 290 g/mol. The number of anilines is 1. The molecule has 1 heterocycles. The molecule has 2 aromatic rings. The Balaban J connectivity index is 2.20. The topological polar surface area (TPSA) is 83.7 Å². The van der Waals surface area contributed by atoms with Gasteiger partial charge in [0.2, 0.25) is 11.2 Å². The summed E-state index contributed by atoms with van der Waals surface area (Å²) in [4.78, 5) is 11.9. The summed E-state index contributed by atoms with van der Waals surface area (Å²) >= 11 is 5.82. The zero-order chi connectivity index (χ0) is 14.4. The molecule has 1 N–H and O–H groups in total. The van der Waals surface area contributed by atoms with Gasteiger partial charge in [-0.1, -0.05) is 13.0 Å². The molecule has 1 aromatic carbocycles. The second-order valence-electron chi connectivity index (χ2n) is 3.88. The summed E-state index contributed by atoms with van der Waals surface area (Å²) in [6, 6.07) is 8.81. The summed E-state index contributed by atoms with van der Waals surface area (Å²) in [5.74, 6) is 0.825. The lowest BCUT2D eigenvalue weighted by atomic mass is 10.2. The summed E-state index contributed by atoms with van der Waals surface area (Å²) in [5.41, 5.74) is 0.493. The van der Waals surface area contributed by atoms with Crippen LogP contribution < -0.4 is 10.1 Å². The maximum absolute atomic E-state index is 8.84. The van der Waals surface area contributed by atoms with Crippen LogP contribution in [-0.2, 0) is 0 Å². The highest BCUT2D eigenvalue weighted by atomic mass is 35.5. The molecule has 0 aliphatic carbocycles. The first-order valence-electron chi connectivity index (χ1n) is 6.04. The van der Waals surface area contributed by atoms with Crippen molar-refractivity contribution in [3.8, 4) is 17.8 Å². The quantitative estimate of drug-likeness (QED) is 0.911. The number of ether oxygens (including phenoxy) is 1. The lowest BCUT2D eigenvalue weighted by molar-refractivity contribution is 0.440. The van der Waals surface area contributed by atoms with Crippen LogP contribution >= 0.6 is 11.6 Å². The summed E-state index contributed by atoms with van der Waals surface area (Å²) in [6.45, 7) is 2.75. The molecular weight excluding hydrogens is 278 g/mol. The van der Waals surface area contributed by atoms with E-state index in [0.717, 1.165) is 13.0 Å². The van der Waals surface area contributed by atoms with Crippen molar-refractivity contribution in [2.75, 3.05) is 11.9 Å². The van der Waals surface area contributed by atoms with Gasteiger partial charge in [-0.3, -0.25) is 0 Å². The Hall–Kier alpha value is -2.39. The number of aromatic nitrogens is 3. The Bertz CT molecular complexity index is 641. The molecule has 1 aromatic heterocycles. The van der Waals surface area contributed by atoms with Crippen molar-refractivity contribution in [3.63, 3.8) is 0 Å². The van der Waals surface area contributed by atoms with Crippen LogP contribution in [-0.4, -0.2) is 21.5 Å². The number of nitriles is 1. The molecule has 102 valence electrons. The monoisotopic (exact) mass is 289 g/mol. The van der Waals surface area contributed by atoms with E-state index in [4.69, 9.17) is 21.6 Å². The van der Waals surface area contributed by atoms with Crippen LogP contribution in [0.5, 0.6) is 11.8 Å². The van der Waals surface area contributed by atoms with E-state index in [0.29, 0.717) is 17.3 Å². The molecule has 0 amide bonds. The van der Waals surface area contributed by atoms with Crippen molar-refractivity contribution in [2.45, 2.75) is 13.3 Å². The molecule has 6 nitrogen and oxygen atoms in total. The molecule has 0 fully saturated rings. The van der Waals surface area contributed by atoms with E-state index < -0.39 is 0 Å². The highest BCUT2D eigenvalue weighted by molar-refractivity contribution is 6.28. The van der Waals surface area contributed by atoms with Crippen LogP contribution in [0.2, 0.25) is 5.28 Å². The molecule has 0 bridgehead atoms. The number of benzene rings is 1. The van der Waals surface area contributed by atoms with Crippen molar-refractivity contribution >= 4 is 17.5 Å². The maximum Gasteiger partial charge on any atom is 0.328 e. The van der Waals surface area contributed by atoms with Gasteiger partial charge in [0, 0.05) is 6.54 Å². The fraction of sp³-hybridized carbons (Fsp3) is 0.231. The second kappa shape index (κ2) is 6.68. The largest absolute Gasteiger partial charge is 0.424 e. The Labute approximate surface area is 121 Å². The van der Waals surface area contributed by atoms with Gasteiger partial charge in [0.25, 0.3) is 0 Å². The third-order valence-electron chi connectivity index (χ3n) is 2.29. The van der Waals surface area contributed by atoms with Gasteiger partial charge in [-0.15, -0.1) is 0 Å². The van der Waals surface area contributed by atoms with Crippen LogP contribution in [0, 0.1) is 11.3 Å². The van der Waals surface area contributed by atoms with Crippen LogP contribution in [0.3, 0.4) is 0 Å². The fourth-order valence-corrected chi connectivity index (χ4v) is 1.58. The molecule has 0 aliphatic rings. The fourth-order valence-electron chi connectivity index (χ4n) is 1.43. The molecule has 0 spiro atoms. The summed E-state index contributed by atoms with van der Waals surface area (Å²) < 4.78 is 5.48. The smallest absolute Gasteiger partial charge is 0.328 e. The molecule has 0 unspecified atom stereocenters. The third-order valence-corrected chi connectivity index (χ3v) is 2.46. The average Bonchev–Trinajstić information content (AvgIpc) is 2.44. The van der Waals surface area contributed by atoms with E-state index in [9.17, 15) is 0 Å². The number of halogens is 1. The molecule has 20 heavy (non-hydrogen) atoms. The number of nitrogens with one attached hydrogen (secondary N) is 1. The zero-order valence-electron chi connectivity index (χ0n) is 10.8. The van der Waals surface area contributed by atoms with Crippen LogP contribution in [0.1, 0.15) is 18.9 Å². The summed E-state index contributed by atoms with van der Waals surface area (Å²) in [7, 11) is 0. The Morgan fingerprint density at radius 3 is 2.95 bits per heavy atom. The standard InChI is InChI=1S/C13H12ClN5O/c1-2-6-16-12-17-11(14)18-13(19-12)20-10-5-3-4-9(7-10)8-15/h3-5,7H,2,6H2,1H3,(H,16,17,18,19). The van der Waals surface area contributed by atoms with E-state index in [-0.39, 0.29) is 11.3 Å². The van der Waals surface area contributed by atoms with Gasteiger partial charge < -0.3 is 10.1 Å². The summed E-state index contributed by atoms with van der Waals surface area (Å²) in [6.07, 6.45) is 0.934. The van der Waals surface area contributed by atoms with E-state index in [1.807, 2.05) is 13.0 Å². The van der Waals surface area contributed by atoms with Crippen molar-refractivity contribution in [3.05, 3.63) is 35.1 Å². The van der Waals surface area contributed by atoms with Crippen LogP contribution in [0.15, 0.2) is 24.3 Å². The first-order valence-corrected chi connectivity index (χ1v) is 6.42. The molecule has 0 saturated carbocycles. The Morgan fingerprint density at radius 2 is 2.20 bits per heavy atom. The van der Waals surface area contributed by atoms with Crippen molar-refractivity contribution in [2.24, 2.45) is 0 Å². The predicted octanol–water partition coefficient (Wildman–Crippen LogP) is 3.01. The van der Waals surface area contributed by atoms with Gasteiger partial charge in [0.05, 0.1) is 11.6 Å². The predicted molar refractivity (Wildman–Crippen MR) is 74.8 cm³/mol. The van der Waals surface area contributed by atoms with E-state index in [1.54, 1.807) is 24.3 Å². The highest BCUT2D eigenvalue weighted by Gasteiger charge is 2.07. The van der Waals surface area contributed by atoms with E-state index in [1.165, 1.54) is 0 Å². The van der Waals surface area contributed by atoms with Gasteiger partial charge in [0.1, 0.15) is 5.75 Å². The zero-order valence-corrected chi connectivity index (χ0v) is 11.6. The Kier molecular flexibility index (Phi) is 4.69. The second-order valence-corrected chi connectivity index (χ2v) is 4.22. The minimum absolute atomic E-state index is 0.0463. The molecule has 7 heteroatoms. The molecule has 2 rings (SSSR count). The Morgan fingerprint density at radius 1 is 1.35 bits per heavy atom. The first-order chi connectivity index (χ1) is 9.71. The molecule has 0 aliphatic heterocycles. The minimum atomic E-state index is 0.0463. The van der Waals surface area contributed by atoms with Gasteiger partial charge in [0.15, 0.2) is 0 Å². The maximum atomic E-state index is 8.84. The molecule has 0 radical (unpaired) electrons. The van der Waals surface area contributed by atoms with Gasteiger partial charge in [-0.25, -0.2) is 0 Å². The number of hydrogen-bond donors (Lipinski definition) is 1.